The number of nitrogens with one attached hydrogen (secondary N) is 1. The van der Waals surface area contributed by atoms with Crippen molar-refractivity contribution in [2.45, 2.75) is 37.5 Å². The van der Waals surface area contributed by atoms with E-state index in [4.69, 9.17) is 0 Å². The number of ketones is 1. The highest BCUT2D eigenvalue weighted by atomic mass is 32.1. The van der Waals surface area contributed by atoms with Crippen molar-refractivity contribution in [3.63, 3.8) is 0 Å². The molecule has 26 heavy (non-hydrogen) atoms. The molecule has 1 amide bonds. The fourth-order valence-corrected chi connectivity index (χ4v) is 5.50. The van der Waals surface area contributed by atoms with Crippen LogP contribution in [-0.2, 0) is 10.2 Å². The van der Waals surface area contributed by atoms with E-state index in [2.05, 4.69) is 11.4 Å². The van der Waals surface area contributed by atoms with Gasteiger partial charge in [0.05, 0.1) is 6.07 Å². The Bertz CT molecular complexity index is 921. The van der Waals surface area contributed by atoms with Gasteiger partial charge >= 0.3 is 0 Å². The third kappa shape index (κ3) is 2.35. The topological polar surface area (TPSA) is 90.2 Å². The number of hydrogen-bond acceptors (Lipinski definition) is 5. The van der Waals surface area contributed by atoms with Gasteiger partial charge in [-0.1, -0.05) is 49.6 Å². The highest BCUT2D eigenvalue weighted by molar-refractivity contribution is 7.19. The molecule has 1 aliphatic carbocycles. The van der Waals surface area contributed by atoms with E-state index in [1.807, 2.05) is 6.07 Å². The summed E-state index contributed by atoms with van der Waals surface area (Å²) >= 11 is 1.11. The predicted octanol–water partition coefficient (Wildman–Crippen LogP) is 3.98. The van der Waals surface area contributed by atoms with Gasteiger partial charge in [-0.25, -0.2) is 0 Å². The first kappa shape index (κ1) is 16.8. The molecule has 6 heteroatoms. The molecule has 1 spiro atoms. The second-order valence-corrected chi connectivity index (χ2v) is 7.97. The Morgan fingerprint density at radius 1 is 1.23 bits per heavy atom. The number of fused-ring (bicyclic) bond motifs is 2. The minimum absolute atomic E-state index is 0.0685. The van der Waals surface area contributed by atoms with E-state index in [9.17, 15) is 20.0 Å². The fourth-order valence-electron chi connectivity index (χ4n) is 4.33. The first-order valence-electron chi connectivity index (χ1n) is 8.75. The van der Waals surface area contributed by atoms with Crippen LogP contribution >= 0.6 is 11.3 Å². The molecule has 1 atom stereocenters. The highest BCUT2D eigenvalue weighted by Crippen LogP contribution is 2.57. The van der Waals surface area contributed by atoms with Crippen molar-refractivity contribution in [2.75, 3.05) is 5.32 Å². The van der Waals surface area contributed by atoms with Gasteiger partial charge in [0.1, 0.15) is 21.5 Å². The van der Waals surface area contributed by atoms with Gasteiger partial charge in [0.15, 0.2) is 0 Å². The first-order valence-corrected chi connectivity index (χ1v) is 9.56. The second-order valence-electron chi connectivity index (χ2n) is 6.95. The van der Waals surface area contributed by atoms with E-state index in [1.165, 1.54) is 0 Å². The van der Waals surface area contributed by atoms with Crippen LogP contribution in [0.25, 0.3) is 0 Å². The number of aromatic hydroxyl groups is 1. The van der Waals surface area contributed by atoms with Crippen LogP contribution in [0.2, 0.25) is 0 Å². The van der Waals surface area contributed by atoms with Crippen LogP contribution in [0.5, 0.6) is 5.75 Å². The normalized spacial score (nSPS) is 20.9. The highest BCUT2D eigenvalue weighted by Gasteiger charge is 2.52. The summed E-state index contributed by atoms with van der Waals surface area (Å²) in [6, 6.07) is 10.9. The number of carbonyl (C=O) groups is 2. The lowest BCUT2D eigenvalue weighted by atomic mass is 9.61. The summed E-state index contributed by atoms with van der Waals surface area (Å²) in [4.78, 5) is 25.6. The van der Waals surface area contributed by atoms with Crippen LogP contribution in [0.15, 0.2) is 30.3 Å². The van der Waals surface area contributed by atoms with Gasteiger partial charge in [0.25, 0.3) is 0 Å². The largest absolute Gasteiger partial charge is 0.506 e. The molecule has 0 radical (unpaired) electrons. The maximum absolute atomic E-state index is 12.9. The summed E-state index contributed by atoms with van der Waals surface area (Å²) in [6.07, 6.45) is 4.21. The molecule has 2 heterocycles. The number of nitriles is 1. The molecule has 1 saturated carbocycles. The number of anilines is 1. The van der Waals surface area contributed by atoms with Crippen LogP contribution < -0.4 is 5.32 Å². The van der Waals surface area contributed by atoms with Gasteiger partial charge in [-0.15, -0.1) is 11.3 Å². The SMILES string of the molecule is N#CC1C(=O)Nc2sc(C(=O)c3ccccc3)c(O)c2C12CCCCC2. The van der Waals surface area contributed by atoms with E-state index >= 15 is 0 Å². The summed E-state index contributed by atoms with van der Waals surface area (Å²) in [7, 11) is 0. The zero-order valence-corrected chi connectivity index (χ0v) is 14.9. The summed E-state index contributed by atoms with van der Waals surface area (Å²) in [5.74, 6) is -1.51. The standard InChI is InChI=1S/C20H18N2O3S/c21-11-13-18(25)22-19-14(20(13)9-5-2-6-10-20)16(24)17(26-19)15(23)12-7-3-1-4-8-12/h1,3-4,7-8,13,24H,2,5-6,9-10H2,(H,22,25). The minimum Gasteiger partial charge on any atom is -0.506 e. The average Bonchev–Trinajstić information content (AvgIpc) is 2.99. The van der Waals surface area contributed by atoms with Gasteiger partial charge < -0.3 is 10.4 Å². The molecule has 1 aromatic carbocycles. The molecule has 1 fully saturated rings. The van der Waals surface area contributed by atoms with Crippen molar-refractivity contribution in [3.8, 4) is 11.8 Å². The molecule has 1 aliphatic heterocycles. The summed E-state index contributed by atoms with van der Waals surface area (Å²) in [5.41, 5.74) is 0.385. The van der Waals surface area contributed by atoms with E-state index < -0.39 is 11.3 Å². The van der Waals surface area contributed by atoms with E-state index in [-0.39, 0.29) is 22.3 Å². The number of rotatable bonds is 2. The molecule has 2 aliphatic rings. The van der Waals surface area contributed by atoms with Gasteiger partial charge in [-0.2, -0.15) is 5.26 Å². The van der Waals surface area contributed by atoms with E-state index in [0.29, 0.717) is 29.0 Å². The molecule has 2 N–H and O–H groups in total. The predicted molar refractivity (Wildman–Crippen MR) is 98.4 cm³/mol. The number of nitrogens with zero attached hydrogens (tertiary/aromatic N) is 1. The molecule has 0 bridgehead atoms. The minimum atomic E-state index is -0.838. The molecular formula is C20H18N2O3S. The maximum Gasteiger partial charge on any atom is 0.243 e. The lowest BCUT2D eigenvalue weighted by Gasteiger charge is -2.43. The Labute approximate surface area is 155 Å². The number of carbonyl (C=O) groups excluding carboxylic acids is 2. The summed E-state index contributed by atoms with van der Waals surface area (Å²) < 4.78 is 0. The van der Waals surface area contributed by atoms with Crippen LogP contribution in [-0.4, -0.2) is 16.8 Å². The fraction of sp³-hybridized carbons (Fsp3) is 0.350. The lowest BCUT2D eigenvalue weighted by molar-refractivity contribution is -0.121. The van der Waals surface area contributed by atoms with Crippen LogP contribution in [0.3, 0.4) is 0 Å². The monoisotopic (exact) mass is 366 g/mol. The van der Waals surface area contributed by atoms with Gasteiger partial charge in [0, 0.05) is 16.5 Å². The maximum atomic E-state index is 12.9. The summed E-state index contributed by atoms with van der Waals surface area (Å²) in [5, 5.41) is 23.8. The Balaban J connectivity index is 1.87. The molecule has 2 aromatic rings. The number of thiophene rings is 1. The van der Waals surface area contributed by atoms with Crippen LogP contribution in [0, 0.1) is 17.2 Å². The third-order valence-corrected chi connectivity index (χ3v) is 6.64. The number of benzene rings is 1. The molecule has 0 saturated heterocycles. The molecule has 132 valence electrons. The van der Waals surface area contributed by atoms with Crippen LogP contribution in [0.4, 0.5) is 5.00 Å². The van der Waals surface area contributed by atoms with Gasteiger partial charge in [0.2, 0.25) is 11.7 Å². The molecule has 1 aromatic heterocycles. The average molecular weight is 366 g/mol. The van der Waals surface area contributed by atoms with Crippen LogP contribution in [0.1, 0.15) is 52.9 Å². The zero-order valence-electron chi connectivity index (χ0n) is 14.1. The zero-order chi connectivity index (χ0) is 18.3. The van der Waals surface area contributed by atoms with E-state index in [0.717, 1.165) is 30.6 Å². The number of amides is 1. The smallest absolute Gasteiger partial charge is 0.243 e. The Hall–Kier alpha value is -2.65. The lowest BCUT2D eigenvalue weighted by Crippen LogP contribution is -2.46. The molecule has 1 unspecified atom stereocenters. The third-order valence-electron chi connectivity index (χ3n) is 5.55. The quantitative estimate of drug-likeness (QED) is 0.787. The van der Waals surface area contributed by atoms with Crippen molar-refractivity contribution in [1.82, 2.24) is 0 Å². The molecular weight excluding hydrogens is 348 g/mol. The Kier molecular flexibility index (Phi) is 4.04. The van der Waals surface area contributed by atoms with Crippen molar-refractivity contribution < 1.29 is 14.7 Å². The number of hydrogen-bond donors (Lipinski definition) is 2. The van der Waals surface area contributed by atoms with Crippen molar-refractivity contribution in [2.24, 2.45) is 5.92 Å². The Morgan fingerprint density at radius 2 is 1.92 bits per heavy atom. The molecule has 5 nitrogen and oxygen atoms in total. The van der Waals surface area contributed by atoms with E-state index in [1.54, 1.807) is 24.3 Å². The Morgan fingerprint density at radius 3 is 2.58 bits per heavy atom. The van der Waals surface area contributed by atoms with Crippen molar-refractivity contribution in [3.05, 3.63) is 46.3 Å². The first-order chi connectivity index (χ1) is 12.6. The van der Waals surface area contributed by atoms with Crippen molar-refractivity contribution >= 4 is 28.0 Å². The summed E-state index contributed by atoms with van der Waals surface area (Å²) in [6.45, 7) is 0. The second kappa shape index (κ2) is 6.26. The van der Waals surface area contributed by atoms with Crippen molar-refractivity contribution in [1.29, 1.82) is 5.26 Å². The van der Waals surface area contributed by atoms with Gasteiger partial charge in [-0.3, -0.25) is 9.59 Å². The van der Waals surface area contributed by atoms with Gasteiger partial charge in [-0.05, 0) is 12.8 Å². The molecule has 4 rings (SSSR count).